The van der Waals surface area contributed by atoms with Crippen LogP contribution in [0.25, 0.3) is 0 Å². The molecule has 0 fully saturated rings. The Labute approximate surface area is 127 Å². The molecule has 0 radical (unpaired) electrons. The van der Waals surface area contributed by atoms with Crippen molar-refractivity contribution in [1.29, 1.82) is 0 Å². The van der Waals surface area contributed by atoms with E-state index in [-0.39, 0.29) is 28.9 Å². The number of aliphatic hydroxyl groups is 1. The molecular weight excluding hydrogens is 314 g/mol. The van der Waals surface area contributed by atoms with Crippen LogP contribution in [0.4, 0.5) is 13.2 Å². The second-order valence-electron chi connectivity index (χ2n) is 4.64. The Bertz CT molecular complexity index is 440. The molecule has 0 aromatic heterocycles. The average Bonchev–Trinajstić information content (AvgIpc) is 2.35. The van der Waals surface area contributed by atoms with Crippen molar-refractivity contribution in [2.24, 2.45) is 11.7 Å². The maximum absolute atomic E-state index is 12.7. The summed E-state index contributed by atoms with van der Waals surface area (Å²) < 4.78 is 38.2. The lowest BCUT2D eigenvalue weighted by molar-refractivity contribution is -0.137. The molecule has 3 N–H and O–H groups in total. The zero-order valence-electron chi connectivity index (χ0n) is 11.1. The van der Waals surface area contributed by atoms with Crippen LogP contribution in [0.15, 0.2) is 18.2 Å². The van der Waals surface area contributed by atoms with E-state index in [1.54, 1.807) is 6.92 Å². The zero-order chi connectivity index (χ0) is 14.8. The van der Waals surface area contributed by atoms with E-state index in [0.29, 0.717) is 6.42 Å². The summed E-state index contributed by atoms with van der Waals surface area (Å²) in [4.78, 5) is 0. The number of benzene rings is 1. The molecule has 0 bridgehead atoms. The number of hydrogen-bond acceptors (Lipinski definition) is 2. The summed E-state index contributed by atoms with van der Waals surface area (Å²) in [5.74, 6) is -0.0972. The Balaban J connectivity index is 0.00000361. The molecule has 0 aliphatic rings. The van der Waals surface area contributed by atoms with Crippen molar-refractivity contribution in [2.75, 3.05) is 0 Å². The largest absolute Gasteiger partial charge is 0.417 e. The molecule has 1 rings (SSSR count). The van der Waals surface area contributed by atoms with E-state index in [9.17, 15) is 18.3 Å². The molecule has 0 aliphatic carbocycles. The van der Waals surface area contributed by atoms with Gasteiger partial charge in [-0.1, -0.05) is 37.9 Å². The van der Waals surface area contributed by atoms with E-state index in [1.807, 2.05) is 6.92 Å². The van der Waals surface area contributed by atoms with Crippen molar-refractivity contribution in [3.05, 3.63) is 34.3 Å². The fourth-order valence-corrected chi connectivity index (χ4v) is 1.98. The van der Waals surface area contributed by atoms with Crippen molar-refractivity contribution < 1.29 is 18.3 Å². The Kier molecular flexibility index (Phi) is 7.32. The molecule has 3 atom stereocenters. The molecule has 7 heteroatoms. The van der Waals surface area contributed by atoms with Crippen LogP contribution in [-0.2, 0) is 6.18 Å². The number of hydrogen-bond donors (Lipinski definition) is 2. The fraction of sp³-hybridized carbons (Fsp3) is 0.538. The van der Waals surface area contributed by atoms with Gasteiger partial charge in [-0.05, 0) is 23.6 Å². The van der Waals surface area contributed by atoms with Gasteiger partial charge >= 0.3 is 6.18 Å². The molecule has 1 aromatic carbocycles. The lowest BCUT2D eigenvalue weighted by Gasteiger charge is -2.25. The van der Waals surface area contributed by atoms with Gasteiger partial charge in [-0.15, -0.1) is 12.4 Å². The summed E-state index contributed by atoms with van der Waals surface area (Å²) in [7, 11) is 0. The predicted octanol–water partition coefficient (Wildman–Crippen LogP) is 4.19. The first-order valence-corrected chi connectivity index (χ1v) is 6.36. The third-order valence-electron chi connectivity index (χ3n) is 3.28. The van der Waals surface area contributed by atoms with Crippen LogP contribution in [-0.4, -0.2) is 11.2 Å². The van der Waals surface area contributed by atoms with E-state index in [4.69, 9.17) is 17.3 Å². The molecule has 2 nitrogen and oxygen atoms in total. The Morgan fingerprint density at radius 2 is 1.90 bits per heavy atom. The third kappa shape index (κ3) is 4.52. The highest BCUT2D eigenvalue weighted by Gasteiger charge is 2.34. The summed E-state index contributed by atoms with van der Waals surface area (Å²) in [6.45, 7) is 3.68. The van der Waals surface area contributed by atoms with Gasteiger partial charge in [0.25, 0.3) is 0 Å². The zero-order valence-corrected chi connectivity index (χ0v) is 12.7. The highest BCUT2D eigenvalue weighted by atomic mass is 35.5. The van der Waals surface area contributed by atoms with E-state index in [2.05, 4.69) is 0 Å². The third-order valence-corrected chi connectivity index (χ3v) is 3.61. The van der Waals surface area contributed by atoms with Crippen LogP contribution >= 0.6 is 24.0 Å². The minimum atomic E-state index is -4.53. The highest BCUT2D eigenvalue weighted by molar-refractivity contribution is 6.31. The lowest BCUT2D eigenvalue weighted by Crippen LogP contribution is -2.31. The molecule has 0 amide bonds. The highest BCUT2D eigenvalue weighted by Crippen LogP contribution is 2.36. The number of halogens is 5. The second kappa shape index (κ2) is 7.50. The van der Waals surface area contributed by atoms with Crippen LogP contribution in [0.2, 0.25) is 5.02 Å². The van der Waals surface area contributed by atoms with Gasteiger partial charge in [-0.3, -0.25) is 0 Å². The first-order valence-electron chi connectivity index (χ1n) is 5.98. The molecule has 1 aromatic rings. The van der Waals surface area contributed by atoms with Crippen molar-refractivity contribution in [2.45, 2.75) is 38.6 Å². The first-order chi connectivity index (χ1) is 8.68. The van der Waals surface area contributed by atoms with Crippen molar-refractivity contribution in [3.63, 3.8) is 0 Å². The van der Waals surface area contributed by atoms with Gasteiger partial charge in [-0.2, -0.15) is 13.2 Å². The second-order valence-corrected chi connectivity index (χ2v) is 5.05. The normalized spacial score (nSPS) is 16.2. The average molecular weight is 332 g/mol. The quantitative estimate of drug-likeness (QED) is 0.869. The van der Waals surface area contributed by atoms with E-state index >= 15 is 0 Å². The van der Waals surface area contributed by atoms with Crippen LogP contribution in [0.1, 0.15) is 37.4 Å². The molecular formula is C13H18Cl2F3NO. The van der Waals surface area contributed by atoms with Crippen LogP contribution in [0.5, 0.6) is 0 Å². The number of aliphatic hydroxyl groups excluding tert-OH is 1. The van der Waals surface area contributed by atoms with Gasteiger partial charge < -0.3 is 10.8 Å². The molecule has 116 valence electrons. The van der Waals surface area contributed by atoms with Gasteiger partial charge in [0.05, 0.1) is 22.7 Å². The topological polar surface area (TPSA) is 46.2 Å². The van der Waals surface area contributed by atoms with Gasteiger partial charge in [0.15, 0.2) is 0 Å². The molecule has 0 heterocycles. The number of rotatable bonds is 4. The first kappa shape index (κ1) is 19.5. The molecule has 0 aliphatic heterocycles. The van der Waals surface area contributed by atoms with E-state index < -0.39 is 23.9 Å². The van der Waals surface area contributed by atoms with Gasteiger partial charge in [0.1, 0.15) is 0 Å². The monoisotopic (exact) mass is 331 g/mol. The summed E-state index contributed by atoms with van der Waals surface area (Å²) in [6, 6.07) is 2.60. The molecule has 0 saturated carbocycles. The Morgan fingerprint density at radius 3 is 2.35 bits per heavy atom. The number of nitrogens with two attached hydrogens (primary N) is 1. The van der Waals surface area contributed by atoms with Crippen molar-refractivity contribution >= 4 is 24.0 Å². The smallest absolute Gasteiger partial charge is 0.391 e. The fourth-order valence-electron chi connectivity index (χ4n) is 1.76. The van der Waals surface area contributed by atoms with Gasteiger partial charge in [-0.25, -0.2) is 0 Å². The minimum absolute atomic E-state index is 0. The van der Waals surface area contributed by atoms with Crippen LogP contribution < -0.4 is 5.73 Å². The molecule has 1 unspecified atom stereocenters. The summed E-state index contributed by atoms with van der Waals surface area (Å²) in [6.07, 6.45) is -4.74. The van der Waals surface area contributed by atoms with Crippen LogP contribution in [0, 0.1) is 5.92 Å². The SMILES string of the molecule is CCC(C)[C@H](O)[C@H](N)c1ccc(Cl)c(C(F)(F)F)c1.Cl. The van der Waals surface area contributed by atoms with Crippen molar-refractivity contribution in [3.8, 4) is 0 Å². The summed E-state index contributed by atoms with van der Waals surface area (Å²) >= 11 is 5.53. The minimum Gasteiger partial charge on any atom is -0.391 e. The van der Waals surface area contributed by atoms with E-state index in [1.165, 1.54) is 6.07 Å². The molecule has 0 saturated heterocycles. The van der Waals surface area contributed by atoms with Gasteiger partial charge in [0.2, 0.25) is 0 Å². The van der Waals surface area contributed by atoms with Crippen LogP contribution in [0.3, 0.4) is 0 Å². The Morgan fingerprint density at radius 1 is 1.35 bits per heavy atom. The van der Waals surface area contributed by atoms with Crippen molar-refractivity contribution in [1.82, 2.24) is 0 Å². The van der Waals surface area contributed by atoms with Gasteiger partial charge in [0, 0.05) is 0 Å². The standard InChI is InChI=1S/C13H17ClF3NO.ClH/c1-3-7(2)12(19)11(18)8-4-5-10(14)9(6-8)13(15,16)17;/h4-7,11-12,19H,3,18H2,1-2H3;1H/t7?,11-,12+;/m1./s1. The maximum Gasteiger partial charge on any atom is 0.417 e. The predicted molar refractivity (Wildman–Crippen MR) is 76.1 cm³/mol. The maximum atomic E-state index is 12.7. The molecule has 20 heavy (non-hydrogen) atoms. The summed E-state index contributed by atoms with van der Waals surface area (Å²) in [5.41, 5.74) is 5.11. The molecule has 0 spiro atoms. The Hall–Kier alpha value is -0.490. The summed E-state index contributed by atoms with van der Waals surface area (Å²) in [5, 5.41) is 9.59. The number of alkyl halides is 3. The lowest BCUT2D eigenvalue weighted by atomic mass is 9.91. The van der Waals surface area contributed by atoms with E-state index in [0.717, 1.165) is 12.1 Å².